The molecule has 176 valence electrons. The first-order valence-electron chi connectivity index (χ1n) is 10.6. The molecule has 0 aromatic heterocycles. The number of rotatable bonds is 8. The van der Waals surface area contributed by atoms with Crippen molar-refractivity contribution in [1.82, 2.24) is 5.32 Å². The van der Waals surface area contributed by atoms with Gasteiger partial charge in [0.2, 0.25) is 5.91 Å². The largest absolute Gasteiger partial charge is 0.370 e. The van der Waals surface area contributed by atoms with Gasteiger partial charge in [-0.1, -0.05) is 37.1 Å². The smallest absolute Gasteiger partial charge is 0.271 e. The Bertz CT molecular complexity index is 1130. The Kier molecular flexibility index (Phi) is 7.77. The van der Waals surface area contributed by atoms with Gasteiger partial charge in [-0.05, 0) is 43.5 Å². The molecule has 2 aromatic rings. The second-order valence-corrected chi connectivity index (χ2v) is 9.60. The molecule has 33 heavy (non-hydrogen) atoms. The lowest BCUT2D eigenvalue weighted by atomic mass is 10.1. The van der Waals surface area contributed by atoms with Crippen molar-refractivity contribution in [3.05, 3.63) is 64.2 Å². The molecule has 0 saturated carbocycles. The van der Waals surface area contributed by atoms with E-state index in [1.165, 1.54) is 36.4 Å². The van der Waals surface area contributed by atoms with Gasteiger partial charge in [-0.25, -0.2) is 12.7 Å². The minimum atomic E-state index is -4.41. The number of nitrogens with one attached hydrogen (secondary N) is 1. The van der Waals surface area contributed by atoms with E-state index >= 15 is 0 Å². The number of hydrogen-bond acceptors (Lipinski definition) is 7. The predicted octanol–water partition coefficient (Wildman–Crippen LogP) is 2.27. The molecule has 1 fully saturated rings. The summed E-state index contributed by atoms with van der Waals surface area (Å²) in [6, 6.07) is 10.3. The van der Waals surface area contributed by atoms with E-state index in [-0.39, 0.29) is 29.1 Å². The van der Waals surface area contributed by atoms with Crippen molar-refractivity contribution in [2.45, 2.75) is 49.5 Å². The molecule has 10 nitrogen and oxygen atoms in total. The molecule has 1 aliphatic heterocycles. The third-order valence-electron chi connectivity index (χ3n) is 5.48. The van der Waals surface area contributed by atoms with E-state index in [2.05, 4.69) is 5.32 Å². The van der Waals surface area contributed by atoms with Crippen LogP contribution < -0.4 is 15.4 Å². The molecule has 1 saturated heterocycles. The quantitative estimate of drug-likeness (QED) is 0.439. The summed E-state index contributed by atoms with van der Waals surface area (Å²) < 4.78 is 28.0. The van der Waals surface area contributed by atoms with Gasteiger partial charge in [0, 0.05) is 18.6 Å². The van der Waals surface area contributed by atoms with Crippen molar-refractivity contribution in [2.75, 3.05) is 10.8 Å². The summed E-state index contributed by atoms with van der Waals surface area (Å²) in [6.45, 7) is 0.555. The zero-order valence-electron chi connectivity index (χ0n) is 18.0. The highest BCUT2D eigenvalue weighted by Crippen LogP contribution is 2.33. The van der Waals surface area contributed by atoms with E-state index in [0.29, 0.717) is 22.8 Å². The summed E-state index contributed by atoms with van der Waals surface area (Å²) in [7, 11) is -4.41. The average molecular weight is 475 g/mol. The van der Waals surface area contributed by atoms with Gasteiger partial charge in [0.15, 0.2) is 0 Å². The fourth-order valence-corrected chi connectivity index (χ4v) is 5.27. The summed E-state index contributed by atoms with van der Waals surface area (Å²) in [6.07, 6.45) is 2.85. The maximum atomic E-state index is 13.7. The molecule has 2 aromatic carbocycles. The standard InChI is InChI=1S/C22H26N4O6S/c23-21(27)13-11-16-10-12-17(26(29)30)15-20(16)25(22(28)19-9-5-2-6-14-24-19)33(31,32)18-7-3-1-4-8-18/h1,3-4,7-8,10,12,15,19,24H,2,5-6,9,11,13-14H2,(H2,23,27). The van der Waals surface area contributed by atoms with Crippen LogP contribution in [0.2, 0.25) is 0 Å². The van der Waals surface area contributed by atoms with E-state index < -0.39 is 32.8 Å². The minimum absolute atomic E-state index is 0.0227. The van der Waals surface area contributed by atoms with Crippen LogP contribution in [0, 0.1) is 10.1 Å². The third kappa shape index (κ3) is 5.74. The molecule has 0 spiro atoms. The van der Waals surface area contributed by atoms with Gasteiger partial charge in [-0.3, -0.25) is 19.7 Å². The second-order valence-electron chi connectivity index (χ2n) is 7.81. The Morgan fingerprint density at radius 2 is 1.85 bits per heavy atom. The molecule has 2 amide bonds. The van der Waals surface area contributed by atoms with Crippen LogP contribution in [0.1, 0.15) is 37.7 Å². The first-order valence-corrected chi connectivity index (χ1v) is 12.1. The number of primary amides is 1. The van der Waals surface area contributed by atoms with Gasteiger partial charge in [-0.2, -0.15) is 0 Å². The van der Waals surface area contributed by atoms with Crippen molar-refractivity contribution in [1.29, 1.82) is 0 Å². The van der Waals surface area contributed by atoms with Gasteiger partial charge < -0.3 is 11.1 Å². The van der Waals surface area contributed by atoms with Gasteiger partial charge in [-0.15, -0.1) is 0 Å². The van der Waals surface area contributed by atoms with E-state index in [0.717, 1.165) is 25.3 Å². The number of nitro benzene ring substituents is 1. The maximum Gasteiger partial charge on any atom is 0.271 e. The Morgan fingerprint density at radius 3 is 2.52 bits per heavy atom. The third-order valence-corrected chi connectivity index (χ3v) is 7.20. The fourth-order valence-electron chi connectivity index (χ4n) is 3.77. The van der Waals surface area contributed by atoms with Crippen molar-refractivity contribution in [2.24, 2.45) is 5.73 Å². The van der Waals surface area contributed by atoms with Crippen molar-refractivity contribution in [3.8, 4) is 0 Å². The lowest BCUT2D eigenvalue weighted by Gasteiger charge is -2.28. The highest BCUT2D eigenvalue weighted by atomic mass is 32.2. The number of anilines is 1. The number of aryl methyl sites for hydroxylation is 1. The van der Waals surface area contributed by atoms with Crippen molar-refractivity contribution < 1.29 is 22.9 Å². The molecule has 11 heteroatoms. The molecular formula is C22H26N4O6S. The number of amides is 2. The number of carbonyl (C=O) groups excluding carboxylic acids is 2. The maximum absolute atomic E-state index is 13.7. The van der Waals surface area contributed by atoms with E-state index in [1.54, 1.807) is 6.07 Å². The molecule has 1 atom stereocenters. The molecule has 0 aliphatic carbocycles. The molecule has 0 bridgehead atoms. The number of benzene rings is 2. The van der Waals surface area contributed by atoms with Crippen LogP contribution >= 0.6 is 0 Å². The number of non-ortho nitro benzene ring substituents is 1. The van der Waals surface area contributed by atoms with Gasteiger partial charge in [0.1, 0.15) is 0 Å². The van der Waals surface area contributed by atoms with Crippen LogP contribution in [0.3, 0.4) is 0 Å². The monoisotopic (exact) mass is 474 g/mol. The van der Waals surface area contributed by atoms with Gasteiger partial charge in [0.05, 0.1) is 21.5 Å². The van der Waals surface area contributed by atoms with Crippen LogP contribution in [0.4, 0.5) is 11.4 Å². The molecule has 0 radical (unpaired) electrons. The van der Waals surface area contributed by atoms with Crippen LogP contribution in [0.5, 0.6) is 0 Å². The highest BCUT2D eigenvalue weighted by molar-refractivity contribution is 7.93. The minimum Gasteiger partial charge on any atom is -0.370 e. The lowest BCUT2D eigenvalue weighted by molar-refractivity contribution is -0.384. The number of nitrogens with zero attached hydrogens (tertiary/aromatic N) is 2. The Morgan fingerprint density at radius 1 is 1.12 bits per heavy atom. The summed E-state index contributed by atoms with van der Waals surface area (Å²) in [4.78, 5) is 35.7. The average Bonchev–Trinajstić information content (AvgIpc) is 3.08. The molecule has 1 heterocycles. The Labute approximate surface area is 192 Å². The van der Waals surface area contributed by atoms with E-state index in [9.17, 15) is 28.1 Å². The topological polar surface area (TPSA) is 153 Å². The number of hydrogen-bond donors (Lipinski definition) is 2. The first kappa shape index (κ1) is 24.3. The van der Waals surface area contributed by atoms with E-state index in [4.69, 9.17) is 5.73 Å². The predicted molar refractivity (Wildman–Crippen MR) is 122 cm³/mol. The van der Waals surface area contributed by atoms with Crippen LogP contribution in [0.25, 0.3) is 0 Å². The number of nitro groups is 1. The molecule has 3 N–H and O–H groups in total. The fraction of sp³-hybridized carbons (Fsp3) is 0.364. The summed E-state index contributed by atoms with van der Waals surface area (Å²) in [5.41, 5.74) is 5.03. The van der Waals surface area contributed by atoms with Gasteiger partial charge in [0.25, 0.3) is 21.6 Å². The zero-order chi connectivity index (χ0) is 24.0. The summed E-state index contributed by atoms with van der Waals surface area (Å²) in [5.74, 6) is -1.34. The van der Waals surface area contributed by atoms with Crippen molar-refractivity contribution >= 4 is 33.2 Å². The number of sulfonamides is 1. The summed E-state index contributed by atoms with van der Waals surface area (Å²) >= 11 is 0. The summed E-state index contributed by atoms with van der Waals surface area (Å²) in [5, 5.41) is 14.6. The van der Waals surface area contributed by atoms with E-state index in [1.807, 2.05) is 0 Å². The number of carbonyl (C=O) groups is 2. The number of nitrogens with two attached hydrogens (primary N) is 1. The Balaban J connectivity index is 2.19. The Hall–Kier alpha value is -3.31. The van der Waals surface area contributed by atoms with Crippen LogP contribution in [-0.4, -0.2) is 37.7 Å². The highest BCUT2D eigenvalue weighted by Gasteiger charge is 2.37. The SMILES string of the molecule is NC(=O)CCc1ccc([N+](=O)[O-])cc1N(C(=O)C1CCCCCN1)S(=O)(=O)c1ccccc1. The zero-order valence-corrected chi connectivity index (χ0v) is 18.8. The molecular weight excluding hydrogens is 448 g/mol. The van der Waals surface area contributed by atoms with Crippen molar-refractivity contribution in [3.63, 3.8) is 0 Å². The van der Waals surface area contributed by atoms with Crippen LogP contribution in [-0.2, 0) is 26.0 Å². The lowest BCUT2D eigenvalue weighted by Crippen LogP contribution is -2.49. The molecule has 1 unspecified atom stereocenters. The van der Waals surface area contributed by atoms with Gasteiger partial charge >= 0.3 is 0 Å². The van der Waals surface area contributed by atoms with Crippen LogP contribution in [0.15, 0.2) is 53.4 Å². The molecule has 3 rings (SSSR count). The normalized spacial score (nSPS) is 16.5. The second kappa shape index (κ2) is 10.5. The molecule has 1 aliphatic rings. The first-order chi connectivity index (χ1) is 15.7.